The Balaban J connectivity index is 3.11. The van der Waals surface area contributed by atoms with Crippen LogP contribution in [0.15, 0.2) is 4.76 Å². The van der Waals surface area contributed by atoms with E-state index in [2.05, 4.69) is 16.6 Å². The fourth-order valence-corrected chi connectivity index (χ4v) is 4.28. The summed E-state index contributed by atoms with van der Waals surface area (Å²) in [5, 5.41) is 0. The van der Waals surface area contributed by atoms with Gasteiger partial charge in [0, 0.05) is 26.7 Å². The van der Waals surface area contributed by atoms with Crippen molar-refractivity contribution < 1.29 is 13.6 Å². The van der Waals surface area contributed by atoms with Gasteiger partial charge >= 0.3 is 7.75 Å². The molecule has 0 unspecified atom stereocenters. The van der Waals surface area contributed by atoms with Crippen LogP contribution in [0.2, 0.25) is 0 Å². The Kier molecular flexibility index (Phi) is 6.71. The van der Waals surface area contributed by atoms with E-state index in [1.165, 1.54) is 0 Å². The number of hydrogen-bond acceptors (Lipinski definition) is 3. The molecule has 6 nitrogen and oxygen atoms in total. The highest BCUT2D eigenvalue weighted by molar-refractivity contribution is 7.52. The highest BCUT2D eigenvalue weighted by Gasteiger charge is 2.38. The lowest BCUT2D eigenvalue weighted by Gasteiger charge is -2.30. The molecular formula is C16H34N3O3P. The predicted octanol–water partition coefficient (Wildman–Crippen LogP) is 4.13. The fraction of sp³-hybridized carbons (Fsp3) is 0.938. The minimum atomic E-state index is -3.61. The van der Waals surface area contributed by atoms with E-state index in [0.717, 1.165) is 32.5 Å². The highest BCUT2D eigenvalue weighted by Crippen LogP contribution is 2.56. The molecule has 0 amide bonds. The maximum atomic E-state index is 13.3. The average Bonchev–Trinajstić information content (AvgIpc) is 2.63. The molecule has 0 spiro atoms. The molecule has 23 heavy (non-hydrogen) atoms. The van der Waals surface area contributed by atoms with Crippen molar-refractivity contribution in [3.8, 4) is 0 Å². The van der Waals surface area contributed by atoms with Crippen molar-refractivity contribution in [3.63, 3.8) is 0 Å². The summed E-state index contributed by atoms with van der Waals surface area (Å²) >= 11 is 0. The van der Waals surface area contributed by atoms with Crippen LogP contribution in [0.1, 0.15) is 61.3 Å². The average molecular weight is 347 g/mol. The zero-order valence-corrected chi connectivity index (χ0v) is 16.9. The molecule has 1 heterocycles. The van der Waals surface area contributed by atoms with Crippen LogP contribution in [0.3, 0.4) is 0 Å². The molecule has 0 radical (unpaired) electrons. The van der Waals surface area contributed by atoms with Crippen molar-refractivity contribution in [3.05, 3.63) is 0 Å². The lowest BCUT2D eigenvalue weighted by atomic mass is 10.2. The number of hydrogen-bond donors (Lipinski definition) is 0. The maximum Gasteiger partial charge on any atom is 0.458 e. The largest absolute Gasteiger partial charge is 0.458 e. The zero-order valence-electron chi connectivity index (χ0n) is 16.0. The second-order valence-electron chi connectivity index (χ2n) is 8.04. The van der Waals surface area contributed by atoms with E-state index in [9.17, 15) is 4.57 Å². The van der Waals surface area contributed by atoms with Crippen molar-refractivity contribution in [1.82, 2.24) is 9.80 Å². The molecule has 0 aromatic heterocycles. The summed E-state index contributed by atoms with van der Waals surface area (Å²) in [5.74, 6) is 0.704. The van der Waals surface area contributed by atoms with Gasteiger partial charge in [-0.2, -0.15) is 0 Å². The second kappa shape index (κ2) is 7.54. The van der Waals surface area contributed by atoms with Gasteiger partial charge in [-0.3, -0.25) is 9.05 Å². The number of likely N-dealkylation sites (N-methyl/N-ethyl adjacent to an activating group) is 1. The molecule has 1 saturated heterocycles. The first-order valence-corrected chi connectivity index (χ1v) is 9.93. The molecule has 0 aliphatic carbocycles. The van der Waals surface area contributed by atoms with Gasteiger partial charge in [0.1, 0.15) is 0 Å². The molecular weight excluding hydrogens is 313 g/mol. The van der Waals surface area contributed by atoms with Gasteiger partial charge in [0.2, 0.25) is 5.96 Å². The molecule has 1 fully saturated rings. The van der Waals surface area contributed by atoms with Gasteiger partial charge in [0.05, 0.1) is 11.2 Å². The van der Waals surface area contributed by atoms with Gasteiger partial charge < -0.3 is 9.80 Å². The third-order valence-electron chi connectivity index (χ3n) is 3.10. The first-order valence-electron chi connectivity index (χ1n) is 8.43. The van der Waals surface area contributed by atoms with Crippen LogP contribution in [-0.4, -0.2) is 53.6 Å². The van der Waals surface area contributed by atoms with E-state index < -0.39 is 18.9 Å². The van der Waals surface area contributed by atoms with Gasteiger partial charge in [0.15, 0.2) is 0 Å². The number of unbranched alkanes of at least 4 members (excludes halogenated alkanes) is 1. The van der Waals surface area contributed by atoms with Crippen molar-refractivity contribution in [2.75, 3.05) is 26.7 Å². The van der Waals surface area contributed by atoms with E-state index in [1.54, 1.807) is 0 Å². The molecule has 1 aliphatic rings. The minimum absolute atomic E-state index is 0.601. The predicted molar refractivity (Wildman–Crippen MR) is 95.8 cm³/mol. The normalized spacial score (nSPS) is 19.0. The van der Waals surface area contributed by atoms with Crippen LogP contribution in [0.5, 0.6) is 0 Å². The summed E-state index contributed by atoms with van der Waals surface area (Å²) in [5.41, 5.74) is -1.20. The lowest BCUT2D eigenvalue weighted by Crippen LogP contribution is -2.33. The van der Waals surface area contributed by atoms with E-state index in [1.807, 2.05) is 53.5 Å². The van der Waals surface area contributed by atoms with Gasteiger partial charge in [-0.1, -0.05) is 13.3 Å². The number of rotatable bonds is 6. The first-order chi connectivity index (χ1) is 10.4. The summed E-state index contributed by atoms with van der Waals surface area (Å²) in [7, 11) is -1.65. The molecule has 1 rings (SSSR count). The Labute approximate surface area is 141 Å². The quantitative estimate of drug-likeness (QED) is 0.676. The smallest absolute Gasteiger partial charge is 0.344 e. The van der Waals surface area contributed by atoms with Gasteiger partial charge in [-0.05, 0) is 48.0 Å². The van der Waals surface area contributed by atoms with E-state index in [0.29, 0.717) is 5.96 Å². The summed E-state index contributed by atoms with van der Waals surface area (Å²) in [4.78, 5) is 4.18. The molecule has 0 saturated carbocycles. The number of nitrogens with zero attached hydrogens (tertiary/aromatic N) is 3. The molecule has 136 valence electrons. The van der Waals surface area contributed by atoms with Gasteiger partial charge in [-0.15, -0.1) is 4.76 Å². The van der Waals surface area contributed by atoms with Crippen LogP contribution >= 0.6 is 7.75 Å². The molecule has 0 aromatic rings. The maximum absolute atomic E-state index is 13.3. The molecule has 0 bridgehead atoms. The van der Waals surface area contributed by atoms with E-state index in [-0.39, 0.29) is 0 Å². The van der Waals surface area contributed by atoms with E-state index in [4.69, 9.17) is 9.05 Å². The topological polar surface area (TPSA) is 54.4 Å². The molecule has 0 N–H and O–H groups in total. The summed E-state index contributed by atoms with van der Waals surface area (Å²) in [6.07, 6.45) is 2.19. The Bertz CT molecular complexity index is 446. The van der Waals surface area contributed by atoms with Gasteiger partial charge in [0.25, 0.3) is 0 Å². The van der Waals surface area contributed by atoms with Crippen molar-refractivity contribution in [2.45, 2.75) is 72.5 Å². The summed E-state index contributed by atoms with van der Waals surface area (Å²) in [6, 6.07) is 0. The summed E-state index contributed by atoms with van der Waals surface area (Å²) in [6.45, 7) is 16.0. The standard InChI is InChI=1S/C16H34N3O3P/c1-9-10-11-19-13-12-18(8)14(19)17-23(20,21-15(2,3)4)22-16(5,6)7/h9-13H2,1-8H3/b17-14+. The highest BCUT2D eigenvalue weighted by atomic mass is 31.2. The minimum Gasteiger partial charge on any atom is -0.344 e. The Hall–Kier alpha value is -0.580. The van der Waals surface area contributed by atoms with Gasteiger partial charge in [-0.25, -0.2) is 4.57 Å². The van der Waals surface area contributed by atoms with Crippen LogP contribution in [0.25, 0.3) is 0 Å². The Morgan fingerprint density at radius 2 is 1.61 bits per heavy atom. The van der Waals surface area contributed by atoms with Crippen LogP contribution in [-0.2, 0) is 13.6 Å². The zero-order chi connectivity index (χ0) is 17.9. The molecule has 1 aliphatic heterocycles. The van der Waals surface area contributed by atoms with Crippen molar-refractivity contribution >= 4 is 13.7 Å². The van der Waals surface area contributed by atoms with E-state index >= 15 is 0 Å². The third kappa shape index (κ3) is 7.23. The first kappa shape index (κ1) is 20.5. The van der Waals surface area contributed by atoms with Crippen LogP contribution in [0.4, 0.5) is 0 Å². The number of guanidine groups is 1. The van der Waals surface area contributed by atoms with Crippen LogP contribution in [0, 0.1) is 0 Å². The monoisotopic (exact) mass is 347 g/mol. The third-order valence-corrected chi connectivity index (χ3v) is 5.08. The van der Waals surface area contributed by atoms with Crippen molar-refractivity contribution in [2.24, 2.45) is 4.76 Å². The SMILES string of the molecule is CCCCN1CCN(C)/C1=N\P(=O)(OC(C)(C)C)OC(C)(C)C. The molecule has 0 atom stereocenters. The van der Waals surface area contributed by atoms with Crippen LogP contribution < -0.4 is 0 Å². The lowest BCUT2D eigenvalue weighted by molar-refractivity contribution is 0.0494. The Morgan fingerprint density at radius 3 is 2.04 bits per heavy atom. The molecule has 7 heteroatoms. The van der Waals surface area contributed by atoms with Crippen molar-refractivity contribution in [1.29, 1.82) is 0 Å². The fourth-order valence-electron chi connectivity index (χ4n) is 2.27. The second-order valence-corrected chi connectivity index (χ2v) is 9.54. The molecule has 0 aromatic carbocycles. The Morgan fingerprint density at radius 1 is 1.09 bits per heavy atom. The summed E-state index contributed by atoms with van der Waals surface area (Å²) < 4.78 is 29.3.